The molecule has 1 atom stereocenters. The summed E-state index contributed by atoms with van der Waals surface area (Å²) < 4.78 is 0. The zero-order valence-corrected chi connectivity index (χ0v) is 18.1. The predicted molar refractivity (Wildman–Crippen MR) is 115 cm³/mol. The van der Waals surface area contributed by atoms with E-state index in [4.69, 9.17) is 5.11 Å². The number of carbonyl (C=O) groups is 1. The van der Waals surface area contributed by atoms with E-state index in [9.17, 15) is 4.79 Å². The van der Waals surface area contributed by atoms with E-state index in [1.165, 1.54) is 109 Å². The van der Waals surface area contributed by atoms with Crippen LogP contribution in [0.4, 0.5) is 0 Å². The van der Waals surface area contributed by atoms with E-state index in [0.717, 1.165) is 18.8 Å². The largest absolute Gasteiger partial charge is 0.481 e. The highest BCUT2D eigenvalue weighted by Crippen LogP contribution is 2.18. The number of unbranched alkanes of at least 4 members (excludes halogenated alkanes) is 15. The minimum atomic E-state index is -0.651. The van der Waals surface area contributed by atoms with Crippen molar-refractivity contribution in [2.24, 2.45) is 5.92 Å². The number of aliphatic carboxylic acids is 1. The highest BCUT2D eigenvalue weighted by Gasteiger charge is 2.02. The van der Waals surface area contributed by atoms with Gasteiger partial charge in [-0.2, -0.15) is 0 Å². The molecule has 0 aliphatic carbocycles. The van der Waals surface area contributed by atoms with Crippen LogP contribution in [0.3, 0.4) is 0 Å². The fraction of sp³-hybridized carbons (Fsp3) is 0.958. The molecule has 26 heavy (non-hydrogen) atoms. The van der Waals surface area contributed by atoms with Crippen molar-refractivity contribution in [3.63, 3.8) is 0 Å². The summed E-state index contributed by atoms with van der Waals surface area (Å²) in [6.45, 7) is 4.73. The average Bonchev–Trinajstić information content (AvgIpc) is 2.61. The lowest BCUT2D eigenvalue weighted by Crippen LogP contribution is -1.95. The number of hydrogen-bond donors (Lipinski definition) is 1. The molecule has 0 aromatic carbocycles. The molecular formula is C24H48O2. The van der Waals surface area contributed by atoms with Gasteiger partial charge < -0.3 is 5.11 Å². The fourth-order valence-corrected chi connectivity index (χ4v) is 3.78. The molecule has 1 N–H and O–H groups in total. The van der Waals surface area contributed by atoms with Crippen molar-refractivity contribution < 1.29 is 9.90 Å². The normalized spacial score (nSPS) is 12.4. The van der Waals surface area contributed by atoms with Crippen LogP contribution in [-0.2, 0) is 4.79 Å². The molecule has 0 aliphatic heterocycles. The van der Waals surface area contributed by atoms with Crippen molar-refractivity contribution in [2.45, 2.75) is 142 Å². The molecule has 0 saturated heterocycles. The van der Waals surface area contributed by atoms with Gasteiger partial charge in [-0.05, 0) is 12.3 Å². The molecule has 0 spiro atoms. The van der Waals surface area contributed by atoms with Crippen LogP contribution in [0.5, 0.6) is 0 Å². The van der Waals surface area contributed by atoms with Crippen LogP contribution >= 0.6 is 0 Å². The van der Waals surface area contributed by atoms with Crippen LogP contribution in [0, 0.1) is 5.92 Å². The van der Waals surface area contributed by atoms with Crippen molar-refractivity contribution in [2.75, 3.05) is 0 Å². The van der Waals surface area contributed by atoms with Crippen LogP contribution in [0.2, 0.25) is 0 Å². The maximum atomic E-state index is 10.4. The van der Waals surface area contributed by atoms with Gasteiger partial charge in [-0.25, -0.2) is 0 Å². The van der Waals surface area contributed by atoms with E-state index in [1.54, 1.807) is 0 Å². The number of rotatable bonds is 21. The first-order valence-electron chi connectivity index (χ1n) is 11.9. The Labute approximate surface area is 164 Å². The quantitative estimate of drug-likeness (QED) is 0.206. The van der Waals surface area contributed by atoms with Gasteiger partial charge in [0.25, 0.3) is 0 Å². The lowest BCUT2D eigenvalue weighted by atomic mass is 9.96. The number of carboxylic acid groups (broad SMARTS) is 1. The lowest BCUT2D eigenvalue weighted by molar-refractivity contribution is -0.137. The van der Waals surface area contributed by atoms with Gasteiger partial charge in [-0.3, -0.25) is 4.79 Å². The molecule has 1 unspecified atom stereocenters. The smallest absolute Gasteiger partial charge is 0.303 e. The Bertz CT molecular complexity index is 288. The van der Waals surface area contributed by atoms with E-state index >= 15 is 0 Å². The highest BCUT2D eigenvalue weighted by atomic mass is 16.4. The van der Waals surface area contributed by atoms with Crippen LogP contribution in [0.1, 0.15) is 142 Å². The number of carboxylic acids is 1. The van der Waals surface area contributed by atoms with Crippen LogP contribution < -0.4 is 0 Å². The molecule has 2 nitrogen and oxygen atoms in total. The Morgan fingerprint density at radius 2 is 0.962 bits per heavy atom. The Hall–Kier alpha value is -0.530. The summed E-state index contributed by atoms with van der Waals surface area (Å²) >= 11 is 0. The molecule has 0 saturated carbocycles. The van der Waals surface area contributed by atoms with Gasteiger partial charge in [0.1, 0.15) is 0 Å². The van der Waals surface area contributed by atoms with Gasteiger partial charge in [-0.15, -0.1) is 0 Å². The maximum Gasteiger partial charge on any atom is 0.303 e. The summed E-state index contributed by atoms with van der Waals surface area (Å²) in [7, 11) is 0. The van der Waals surface area contributed by atoms with Gasteiger partial charge in [0, 0.05) is 6.42 Å². The molecule has 0 aromatic heterocycles. The summed E-state index contributed by atoms with van der Waals surface area (Å²) in [5, 5.41) is 8.58. The van der Waals surface area contributed by atoms with E-state index in [-0.39, 0.29) is 0 Å². The third kappa shape index (κ3) is 21.5. The van der Waals surface area contributed by atoms with Crippen molar-refractivity contribution in [1.29, 1.82) is 0 Å². The third-order valence-corrected chi connectivity index (χ3v) is 5.64. The minimum absolute atomic E-state index is 0.345. The zero-order chi connectivity index (χ0) is 19.3. The zero-order valence-electron chi connectivity index (χ0n) is 18.1. The molecule has 0 aromatic rings. The van der Waals surface area contributed by atoms with Gasteiger partial charge in [0.2, 0.25) is 0 Å². The molecule has 0 heterocycles. The van der Waals surface area contributed by atoms with Crippen LogP contribution in [0.25, 0.3) is 0 Å². The summed E-state index contributed by atoms with van der Waals surface area (Å²) in [4.78, 5) is 10.4. The highest BCUT2D eigenvalue weighted by molar-refractivity contribution is 5.66. The molecule has 2 heteroatoms. The second kappa shape index (κ2) is 20.8. The fourth-order valence-electron chi connectivity index (χ4n) is 3.78. The monoisotopic (exact) mass is 368 g/mol. The number of hydrogen-bond acceptors (Lipinski definition) is 1. The van der Waals surface area contributed by atoms with Gasteiger partial charge in [0.05, 0.1) is 0 Å². The molecule has 156 valence electrons. The standard InChI is InChI=1S/C24H48O2/c1-3-4-5-14-17-20-23(2)21-18-15-12-10-8-6-7-9-11-13-16-19-22-24(25)26/h23H,3-22H2,1-2H3,(H,25,26). The second-order valence-electron chi connectivity index (χ2n) is 8.48. The first-order chi connectivity index (χ1) is 12.7. The van der Waals surface area contributed by atoms with E-state index in [0.29, 0.717) is 6.42 Å². The van der Waals surface area contributed by atoms with Crippen molar-refractivity contribution in [3.8, 4) is 0 Å². The second-order valence-corrected chi connectivity index (χ2v) is 8.48. The maximum absolute atomic E-state index is 10.4. The van der Waals surface area contributed by atoms with Gasteiger partial charge >= 0.3 is 5.97 Å². The van der Waals surface area contributed by atoms with Crippen molar-refractivity contribution in [1.82, 2.24) is 0 Å². The summed E-state index contributed by atoms with van der Waals surface area (Å²) in [5.74, 6) is 0.286. The lowest BCUT2D eigenvalue weighted by Gasteiger charge is -2.11. The van der Waals surface area contributed by atoms with E-state index in [1.807, 2.05) is 0 Å². The molecule has 0 bridgehead atoms. The molecule has 0 fully saturated rings. The van der Waals surface area contributed by atoms with Gasteiger partial charge in [-0.1, -0.05) is 129 Å². The molecule has 0 rings (SSSR count). The van der Waals surface area contributed by atoms with Crippen LogP contribution in [-0.4, -0.2) is 11.1 Å². The topological polar surface area (TPSA) is 37.3 Å². The molecule has 0 radical (unpaired) electrons. The summed E-state index contributed by atoms with van der Waals surface area (Å²) in [5.41, 5.74) is 0. The minimum Gasteiger partial charge on any atom is -0.481 e. The average molecular weight is 369 g/mol. The molecular weight excluding hydrogens is 320 g/mol. The first-order valence-corrected chi connectivity index (χ1v) is 11.9. The predicted octanol–water partition coefficient (Wildman–Crippen LogP) is 8.53. The SMILES string of the molecule is CCCCCCCC(C)CCCCCCCCCCCCCCC(=O)O. The Morgan fingerprint density at radius 1 is 0.615 bits per heavy atom. The summed E-state index contributed by atoms with van der Waals surface area (Å²) in [6, 6.07) is 0. The molecule has 0 aliphatic rings. The first kappa shape index (κ1) is 25.5. The summed E-state index contributed by atoms with van der Waals surface area (Å²) in [6.07, 6.45) is 26.0. The van der Waals surface area contributed by atoms with Gasteiger partial charge in [0.15, 0.2) is 0 Å². The van der Waals surface area contributed by atoms with E-state index in [2.05, 4.69) is 13.8 Å². The van der Waals surface area contributed by atoms with Crippen molar-refractivity contribution >= 4 is 5.97 Å². The Kier molecular flexibility index (Phi) is 20.4. The van der Waals surface area contributed by atoms with Crippen LogP contribution in [0.15, 0.2) is 0 Å². The molecule has 0 amide bonds. The van der Waals surface area contributed by atoms with E-state index < -0.39 is 5.97 Å². The Balaban J connectivity index is 3.11. The Morgan fingerprint density at radius 3 is 1.35 bits per heavy atom. The van der Waals surface area contributed by atoms with Crippen molar-refractivity contribution in [3.05, 3.63) is 0 Å². The third-order valence-electron chi connectivity index (χ3n) is 5.64.